The second-order valence-electron chi connectivity index (χ2n) is 6.27. The molecule has 1 amide bonds. The molecule has 1 aromatic carbocycles. The number of benzene rings is 1. The fraction of sp³-hybridized carbons (Fsp3) is 0.389. The van der Waals surface area contributed by atoms with Crippen molar-refractivity contribution in [1.29, 1.82) is 5.26 Å². The van der Waals surface area contributed by atoms with E-state index in [0.29, 0.717) is 11.6 Å². The van der Waals surface area contributed by atoms with Crippen molar-refractivity contribution >= 4 is 5.91 Å². The highest BCUT2D eigenvalue weighted by Crippen LogP contribution is 2.22. The Morgan fingerprint density at radius 3 is 2.92 bits per heavy atom. The summed E-state index contributed by atoms with van der Waals surface area (Å²) in [7, 11) is 0. The Bertz CT molecular complexity index is 692. The number of amides is 1. The van der Waals surface area contributed by atoms with Crippen molar-refractivity contribution in [3.05, 3.63) is 53.9 Å². The topological polar surface area (TPSA) is 84.8 Å². The van der Waals surface area contributed by atoms with Gasteiger partial charge in [0.25, 0.3) is 5.91 Å². The smallest absolute Gasteiger partial charge is 0.269 e. The molecule has 2 N–H and O–H groups in total. The number of nitrogens with zero attached hydrogens (tertiary/aromatic N) is 3. The van der Waals surface area contributed by atoms with Gasteiger partial charge in [0, 0.05) is 25.3 Å². The van der Waals surface area contributed by atoms with E-state index in [4.69, 9.17) is 5.26 Å². The molecule has 2 aromatic rings. The lowest BCUT2D eigenvalue weighted by atomic mass is 9.94. The van der Waals surface area contributed by atoms with E-state index < -0.39 is 0 Å². The fourth-order valence-corrected chi connectivity index (χ4v) is 3.26. The van der Waals surface area contributed by atoms with E-state index in [1.807, 2.05) is 18.2 Å². The number of hydrogen-bond donors (Lipinski definition) is 2. The zero-order chi connectivity index (χ0) is 16.8. The normalized spacial score (nSPS) is 18.1. The van der Waals surface area contributed by atoms with Gasteiger partial charge in [0.2, 0.25) is 0 Å². The Labute approximate surface area is 141 Å². The van der Waals surface area contributed by atoms with Crippen LogP contribution < -0.4 is 5.32 Å². The first-order valence-corrected chi connectivity index (χ1v) is 8.23. The molecule has 2 heterocycles. The third kappa shape index (κ3) is 4.13. The highest BCUT2D eigenvalue weighted by molar-refractivity contribution is 5.92. The summed E-state index contributed by atoms with van der Waals surface area (Å²) in [6, 6.07) is 11.9. The van der Waals surface area contributed by atoms with Gasteiger partial charge in [-0.1, -0.05) is 30.3 Å². The lowest BCUT2D eigenvalue weighted by Crippen LogP contribution is -2.38. The number of H-pyrrole nitrogens is 1. The molecule has 2 atom stereocenters. The van der Waals surface area contributed by atoms with Crippen LogP contribution in [0.4, 0.5) is 0 Å². The first-order chi connectivity index (χ1) is 11.7. The van der Waals surface area contributed by atoms with E-state index in [2.05, 4.69) is 33.8 Å². The molecule has 1 aliphatic heterocycles. The number of likely N-dealkylation sites (tertiary alicyclic amines) is 1. The number of hydrogen-bond acceptors (Lipinski definition) is 4. The molecule has 1 aromatic heterocycles. The molecular weight excluding hydrogens is 302 g/mol. The van der Waals surface area contributed by atoms with E-state index >= 15 is 0 Å². The van der Waals surface area contributed by atoms with E-state index in [-0.39, 0.29) is 11.9 Å². The molecule has 1 saturated heterocycles. The standard InChI is InChI=1S/C18H21N5O/c19-13-23-9-7-15(12-23)11-16(10-14-4-2-1-3-5-14)21-18(24)17-6-8-20-22-17/h1-6,8,15-16H,7,9-12H2,(H,20,22)(H,21,24). The number of nitriles is 1. The predicted octanol–water partition coefficient (Wildman–Crippen LogP) is 1.94. The largest absolute Gasteiger partial charge is 0.348 e. The maximum Gasteiger partial charge on any atom is 0.269 e. The Balaban J connectivity index is 1.66. The van der Waals surface area contributed by atoms with Crippen LogP contribution in [-0.4, -0.2) is 40.1 Å². The predicted molar refractivity (Wildman–Crippen MR) is 89.9 cm³/mol. The minimum absolute atomic E-state index is 0.0341. The van der Waals surface area contributed by atoms with Gasteiger partial charge in [-0.2, -0.15) is 10.4 Å². The number of aromatic amines is 1. The van der Waals surface area contributed by atoms with Gasteiger partial charge in [0.05, 0.1) is 0 Å². The Morgan fingerprint density at radius 1 is 1.42 bits per heavy atom. The van der Waals surface area contributed by atoms with E-state index in [1.165, 1.54) is 5.56 Å². The molecule has 0 bridgehead atoms. The number of carbonyl (C=O) groups is 1. The Morgan fingerprint density at radius 2 is 2.25 bits per heavy atom. The van der Waals surface area contributed by atoms with Gasteiger partial charge in [0.1, 0.15) is 5.69 Å². The highest BCUT2D eigenvalue weighted by atomic mass is 16.2. The molecule has 6 nitrogen and oxygen atoms in total. The van der Waals surface area contributed by atoms with Gasteiger partial charge >= 0.3 is 0 Å². The average molecular weight is 323 g/mol. The number of aromatic nitrogens is 2. The summed E-state index contributed by atoms with van der Waals surface area (Å²) in [6.45, 7) is 1.59. The monoisotopic (exact) mass is 323 g/mol. The maximum atomic E-state index is 12.4. The molecular formula is C18H21N5O. The van der Waals surface area contributed by atoms with Crippen LogP contribution in [-0.2, 0) is 6.42 Å². The molecule has 0 aliphatic carbocycles. The van der Waals surface area contributed by atoms with Gasteiger partial charge in [-0.15, -0.1) is 0 Å². The van der Waals surface area contributed by atoms with Crippen LogP contribution in [0.25, 0.3) is 0 Å². The van der Waals surface area contributed by atoms with Gasteiger partial charge in [-0.3, -0.25) is 9.89 Å². The summed E-state index contributed by atoms with van der Waals surface area (Å²) in [6.07, 6.45) is 6.43. The molecule has 3 rings (SSSR count). The zero-order valence-electron chi connectivity index (χ0n) is 13.5. The van der Waals surface area contributed by atoms with Crippen LogP contribution in [0.5, 0.6) is 0 Å². The fourth-order valence-electron chi connectivity index (χ4n) is 3.26. The summed E-state index contributed by atoms with van der Waals surface area (Å²) in [5.74, 6) is 0.295. The van der Waals surface area contributed by atoms with Crippen molar-refractivity contribution in [1.82, 2.24) is 20.4 Å². The molecule has 24 heavy (non-hydrogen) atoms. The van der Waals surface area contributed by atoms with Crippen molar-refractivity contribution in [2.24, 2.45) is 5.92 Å². The van der Waals surface area contributed by atoms with Crippen molar-refractivity contribution < 1.29 is 4.79 Å². The lowest BCUT2D eigenvalue weighted by Gasteiger charge is -2.22. The summed E-state index contributed by atoms with van der Waals surface area (Å²) in [5, 5.41) is 18.7. The van der Waals surface area contributed by atoms with Crippen molar-refractivity contribution in [3.8, 4) is 6.19 Å². The van der Waals surface area contributed by atoms with Crippen LogP contribution in [0.15, 0.2) is 42.6 Å². The molecule has 1 aliphatic rings. The summed E-state index contributed by atoms with van der Waals surface area (Å²) in [5.41, 5.74) is 1.67. The summed E-state index contributed by atoms with van der Waals surface area (Å²) in [4.78, 5) is 14.1. The van der Waals surface area contributed by atoms with Gasteiger partial charge in [0.15, 0.2) is 6.19 Å². The molecule has 0 radical (unpaired) electrons. The summed E-state index contributed by atoms with van der Waals surface area (Å²) >= 11 is 0. The quantitative estimate of drug-likeness (QED) is 0.796. The minimum atomic E-state index is -0.136. The first kappa shape index (κ1) is 16.1. The molecule has 6 heteroatoms. The first-order valence-electron chi connectivity index (χ1n) is 8.23. The zero-order valence-corrected chi connectivity index (χ0v) is 13.5. The molecule has 1 fully saturated rings. The maximum absolute atomic E-state index is 12.4. The van der Waals surface area contributed by atoms with Gasteiger partial charge in [-0.05, 0) is 36.8 Å². The number of nitrogens with one attached hydrogen (secondary N) is 2. The van der Waals surface area contributed by atoms with Crippen LogP contribution in [0.3, 0.4) is 0 Å². The third-order valence-electron chi connectivity index (χ3n) is 4.45. The van der Waals surface area contributed by atoms with Crippen LogP contribution in [0, 0.1) is 17.4 Å². The van der Waals surface area contributed by atoms with Crippen molar-refractivity contribution in [3.63, 3.8) is 0 Å². The molecule has 2 unspecified atom stereocenters. The van der Waals surface area contributed by atoms with E-state index in [0.717, 1.165) is 32.4 Å². The van der Waals surface area contributed by atoms with Crippen LogP contribution in [0.2, 0.25) is 0 Å². The number of carbonyl (C=O) groups excluding carboxylic acids is 1. The van der Waals surface area contributed by atoms with Gasteiger partial charge in [-0.25, -0.2) is 0 Å². The van der Waals surface area contributed by atoms with Crippen LogP contribution in [0.1, 0.15) is 28.9 Å². The Kier molecular flexibility index (Phi) is 5.12. The molecule has 0 spiro atoms. The van der Waals surface area contributed by atoms with E-state index in [9.17, 15) is 4.79 Å². The Hall–Kier alpha value is -2.81. The van der Waals surface area contributed by atoms with Gasteiger partial charge < -0.3 is 10.2 Å². The third-order valence-corrected chi connectivity index (χ3v) is 4.45. The van der Waals surface area contributed by atoms with Crippen molar-refractivity contribution in [2.75, 3.05) is 13.1 Å². The summed E-state index contributed by atoms with van der Waals surface area (Å²) < 4.78 is 0. The molecule has 0 saturated carbocycles. The highest BCUT2D eigenvalue weighted by Gasteiger charge is 2.26. The average Bonchev–Trinajstić information content (AvgIpc) is 3.27. The van der Waals surface area contributed by atoms with Crippen molar-refractivity contribution in [2.45, 2.75) is 25.3 Å². The second kappa shape index (κ2) is 7.64. The lowest BCUT2D eigenvalue weighted by molar-refractivity contribution is 0.0926. The molecule has 124 valence electrons. The van der Waals surface area contributed by atoms with Crippen LogP contribution >= 0.6 is 0 Å². The minimum Gasteiger partial charge on any atom is -0.348 e. The second-order valence-corrected chi connectivity index (χ2v) is 6.27. The van der Waals surface area contributed by atoms with E-state index in [1.54, 1.807) is 17.2 Å². The SMILES string of the molecule is N#CN1CCC(CC(Cc2ccccc2)NC(=O)c2ccn[nH]2)C1. The number of rotatable bonds is 6.